The van der Waals surface area contributed by atoms with Crippen LogP contribution in [0.3, 0.4) is 0 Å². The highest BCUT2D eigenvalue weighted by Gasteiger charge is 2.41. The van der Waals surface area contributed by atoms with Gasteiger partial charge >= 0.3 is 6.09 Å². The Morgan fingerprint density at radius 1 is 0.575 bits per heavy atom. The third kappa shape index (κ3) is 22.0. The van der Waals surface area contributed by atoms with Crippen molar-refractivity contribution in [1.29, 1.82) is 0 Å². The standard InChI is InChI=1S/C60H90N16O11/c1-12-36(8)49(57(84)68-41(50(61)77)24-38-27-62-30-65-38)75-56(83)48(35(6)7)74-54(81)43(22-34(4)5)70-51(78)42(21-33(2)3)69-53(80)45(25-39-28-63-31-66-39)71-52(79)44(23-37-17-14-13-15-18-37)72-55(82)47-19-16-20-76(47)58(85)46(26-40-29-64-32-67-40)73-59(86)87-60(9,10)11/h13-15,17-18,27-36,41-49H,12,16,19-26H2,1-11H3,(H2,61,77)(H,62,65)(H,63,66)(H,64,67)(H,68,84)(H,69,80)(H,70,78)(H,71,79)(H,72,82)(H,73,86)(H,74,81)(H,75,83)/t36-,41-,42-,43-,44-,45-,46-,47-,48-,49-/m0/s1. The van der Waals surface area contributed by atoms with Crippen molar-refractivity contribution in [3.05, 3.63) is 90.5 Å². The summed E-state index contributed by atoms with van der Waals surface area (Å²) in [5, 5.41) is 22.2. The molecule has 4 heterocycles. The first-order valence-corrected chi connectivity index (χ1v) is 29.8. The van der Waals surface area contributed by atoms with Gasteiger partial charge in [-0.05, 0) is 75.7 Å². The minimum Gasteiger partial charge on any atom is -0.444 e. The van der Waals surface area contributed by atoms with Crippen LogP contribution >= 0.6 is 0 Å². The van der Waals surface area contributed by atoms with Gasteiger partial charge in [-0.25, -0.2) is 19.7 Å². The van der Waals surface area contributed by atoms with Crippen molar-refractivity contribution in [3.63, 3.8) is 0 Å². The summed E-state index contributed by atoms with van der Waals surface area (Å²) in [6.45, 7) is 19.6. The Morgan fingerprint density at radius 2 is 1.02 bits per heavy atom. The molecule has 1 saturated heterocycles. The molecule has 1 fully saturated rings. The molecule has 1 aromatic carbocycles. The Balaban J connectivity index is 1.35. The average Bonchev–Trinajstić information content (AvgIpc) is 3.09. The lowest BCUT2D eigenvalue weighted by Crippen LogP contribution is -2.62. The number of aromatic nitrogens is 6. The number of carbonyl (C=O) groups is 10. The van der Waals surface area contributed by atoms with Crippen LogP contribution in [0.1, 0.15) is 131 Å². The van der Waals surface area contributed by atoms with Crippen LogP contribution in [0, 0.1) is 23.7 Å². The van der Waals surface area contributed by atoms with Crippen molar-refractivity contribution in [2.24, 2.45) is 29.4 Å². The Kier molecular flexibility index (Phi) is 26.0. The summed E-state index contributed by atoms with van der Waals surface area (Å²) in [6, 6.07) is -1.95. The predicted molar refractivity (Wildman–Crippen MR) is 321 cm³/mol. The number of rotatable bonds is 32. The van der Waals surface area contributed by atoms with E-state index in [-0.39, 0.29) is 63.3 Å². The quantitative estimate of drug-likeness (QED) is 0.0331. The van der Waals surface area contributed by atoms with E-state index < -0.39 is 131 Å². The molecule has 10 amide bonds. The first-order chi connectivity index (χ1) is 41.1. The number of alkyl carbamates (subject to hydrolysis) is 1. The zero-order chi connectivity index (χ0) is 64.1. The first-order valence-electron chi connectivity index (χ1n) is 29.8. The van der Waals surface area contributed by atoms with E-state index in [2.05, 4.69) is 72.4 Å². The number of ether oxygens (including phenoxy) is 1. The number of aromatic amines is 3. The Morgan fingerprint density at radius 3 is 1.49 bits per heavy atom. The summed E-state index contributed by atoms with van der Waals surface area (Å²) in [4.78, 5) is 163. The molecule has 1 aliphatic heterocycles. The molecule has 5 rings (SSSR count). The molecule has 0 saturated carbocycles. The van der Waals surface area contributed by atoms with Crippen molar-refractivity contribution in [1.82, 2.24) is 77.3 Å². The van der Waals surface area contributed by atoms with Gasteiger partial charge in [0.1, 0.15) is 60.0 Å². The molecule has 476 valence electrons. The summed E-state index contributed by atoms with van der Waals surface area (Å²) in [7, 11) is 0. The van der Waals surface area contributed by atoms with Crippen molar-refractivity contribution < 1.29 is 52.7 Å². The lowest BCUT2D eigenvalue weighted by atomic mass is 9.95. The van der Waals surface area contributed by atoms with E-state index in [1.54, 1.807) is 71.9 Å². The van der Waals surface area contributed by atoms with Gasteiger partial charge < -0.3 is 72.9 Å². The van der Waals surface area contributed by atoms with E-state index in [0.717, 1.165) is 0 Å². The molecule has 0 unspecified atom stereocenters. The molecule has 27 nitrogen and oxygen atoms in total. The lowest BCUT2D eigenvalue weighted by Gasteiger charge is -2.31. The van der Waals surface area contributed by atoms with Crippen LogP contribution in [0.15, 0.2) is 67.9 Å². The van der Waals surface area contributed by atoms with Gasteiger partial charge in [-0.15, -0.1) is 0 Å². The second kappa shape index (κ2) is 32.7. The number of nitrogens with zero attached hydrogens (tertiary/aromatic N) is 4. The lowest BCUT2D eigenvalue weighted by molar-refractivity contribution is -0.141. The Hall–Kier alpha value is -8.65. The smallest absolute Gasteiger partial charge is 0.408 e. The van der Waals surface area contributed by atoms with Crippen LogP contribution in [-0.2, 0) is 73.6 Å². The van der Waals surface area contributed by atoms with Crippen LogP contribution in [0.2, 0.25) is 0 Å². The van der Waals surface area contributed by atoms with E-state index in [4.69, 9.17) is 10.5 Å². The summed E-state index contributed by atoms with van der Waals surface area (Å²) in [6.07, 6.45) is 9.13. The highest BCUT2D eigenvalue weighted by Crippen LogP contribution is 2.22. The Labute approximate surface area is 508 Å². The number of amides is 10. The maximum absolute atomic E-state index is 14.8. The van der Waals surface area contributed by atoms with Gasteiger partial charge in [0, 0.05) is 67.9 Å². The molecule has 4 aromatic rings. The van der Waals surface area contributed by atoms with E-state index in [0.29, 0.717) is 35.5 Å². The van der Waals surface area contributed by atoms with Gasteiger partial charge in [-0.2, -0.15) is 0 Å². The minimum absolute atomic E-state index is 0.00977. The zero-order valence-electron chi connectivity index (χ0n) is 51.8. The van der Waals surface area contributed by atoms with Crippen LogP contribution in [-0.4, -0.2) is 161 Å². The summed E-state index contributed by atoms with van der Waals surface area (Å²) >= 11 is 0. The monoisotopic (exact) mass is 1210 g/mol. The number of hydrogen-bond donors (Lipinski definition) is 12. The third-order valence-electron chi connectivity index (χ3n) is 14.7. The topological polar surface area (TPSA) is 391 Å². The molecule has 0 spiro atoms. The van der Waals surface area contributed by atoms with Gasteiger partial charge in [0.2, 0.25) is 53.2 Å². The number of nitrogens with two attached hydrogens (primary N) is 1. The number of hydrogen-bond acceptors (Lipinski definition) is 14. The fourth-order valence-corrected chi connectivity index (χ4v) is 9.98. The van der Waals surface area contributed by atoms with Crippen LogP contribution < -0.4 is 48.3 Å². The molecule has 10 atom stereocenters. The average molecular weight is 1210 g/mol. The molecule has 3 aromatic heterocycles. The SMILES string of the molecule is CC[C@H](C)[C@H](NC(=O)[C@@H](NC(=O)[C@H](CC(C)C)NC(=O)[C@H](CC(C)C)NC(=O)[C@H](Cc1cnc[nH]1)NC(=O)[C@H](Cc1ccccc1)NC(=O)[C@@H]1CCCN1C(=O)[C@H](Cc1cnc[nH]1)NC(=O)OC(C)(C)C)C(C)C)C(=O)N[C@@H](Cc1cnc[nH]1)C(N)=O. The van der Waals surface area contributed by atoms with E-state index >= 15 is 0 Å². The largest absolute Gasteiger partial charge is 0.444 e. The van der Waals surface area contributed by atoms with Gasteiger partial charge in [0.15, 0.2) is 0 Å². The molecule has 1 aliphatic rings. The number of carbonyl (C=O) groups excluding carboxylic acids is 10. The number of benzene rings is 1. The number of likely N-dealkylation sites (tertiary alicyclic amines) is 1. The molecular weight excluding hydrogens is 1120 g/mol. The summed E-state index contributed by atoms with van der Waals surface area (Å²) < 4.78 is 5.47. The van der Waals surface area contributed by atoms with Crippen molar-refractivity contribution in [2.75, 3.05) is 6.54 Å². The van der Waals surface area contributed by atoms with Crippen molar-refractivity contribution in [2.45, 2.75) is 194 Å². The number of primary amides is 1. The van der Waals surface area contributed by atoms with Crippen LogP contribution in [0.4, 0.5) is 4.79 Å². The maximum Gasteiger partial charge on any atom is 0.408 e. The fourth-order valence-electron chi connectivity index (χ4n) is 9.98. The third-order valence-corrected chi connectivity index (χ3v) is 14.7. The van der Waals surface area contributed by atoms with Crippen LogP contribution in [0.5, 0.6) is 0 Å². The van der Waals surface area contributed by atoms with Gasteiger partial charge in [0.05, 0.1) is 19.0 Å². The van der Waals surface area contributed by atoms with Crippen LogP contribution in [0.25, 0.3) is 0 Å². The fraction of sp³-hybridized carbons (Fsp3) is 0.583. The molecule has 0 radical (unpaired) electrons. The van der Waals surface area contributed by atoms with E-state index in [1.165, 1.54) is 42.5 Å². The molecular formula is C60H90N16O11. The maximum atomic E-state index is 14.8. The van der Waals surface area contributed by atoms with Gasteiger partial charge in [-0.3, -0.25) is 43.2 Å². The molecule has 0 aliphatic carbocycles. The number of nitrogens with one attached hydrogen (secondary N) is 11. The summed E-state index contributed by atoms with van der Waals surface area (Å²) in [5.41, 5.74) is 6.99. The molecule has 87 heavy (non-hydrogen) atoms. The number of imidazole rings is 3. The Bertz CT molecular complexity index is 2890. The normalized spacial score (nSPS) is 16.4. The van der Waals surface area contributed by atoms with Gasteiger partial charge in [-0.1, -0.05) is 92.1 Å². The highest BCUT2D eigenvalue weighted by atomic mass is 16.6. The second-order valence-corrected chi connectivity index (χ2v) is 24.5. The minimum atomic E-state index is -1.37. The second-order valence-electron chi connectivity index (χ2n) is 24.5. The van der Waals surface area contributed by atoms with Crippen molar-refractivity contribution >= 4 is 59.3 Å². The first kappa shape index (κ1) is 69.1. The highest BCUT2D eigenvalue weighted by molar-refractivity contribution is 5.99. The predicted octanol–water partition coefficient (Wildman–Crippen LogP) is 1.68. The van der Waals surface area contributed by atoms with E-state index in [1.807, 2.05) is 34.6 Å². The van der Waals surface area contributed by atoms with Crippen molar-refractivity contribution in [3.8, 4) is 0 Å². The van der Waals surface area contributed by atoms with Gasteiger partial charge in [0.25, 0.3) is 0 Å². The number of H-pyrrole nitrogens is 3. The molecule has 13 N–H and O–H groups in total. The van der Waals surface area contributed by atoms with E-state index in [9.17, 15) is 47.9 Å². The summed E-state index contributed by atoms with van der Waals surface area (Å²) in [5.74, 6) is -7.60. The molecule has 0 bridgehead atoms. The molecule has 27 heteroatoms. The zero-order valence-corrected chi connectivity index (χ0v) is 51.8.